The van der Waals surface area contributed by atoms with Crippen LogP contribution in [0.4, 0.5) is 0 Å². The molecule has 0 saturated carbocycles. The van der Waals surface area contributed by atoms with Crippen LogP contribution in [0.2, 0.25) is 0 Å². The predicted octanol–water partition coefficient (Wildman–Crippen LogP) is -1.11. The van der Waals surface area contributed by atoms with Crippen molar-refractivity contribution < 1.29 is 13.5 Å². The molecule has 6 nitrogen and oxygen atoms in total. The zero-order valence-electron chi connectivity index (χ0n) is 9.86. The van der Waals surface area contributed by atoms with Gasteiger partial charge in [-0.05, 0) is 19.4 Å². The average molecular weight is 251 g/mol. The zero-order chi connectivity index (χ0) is 12.2. The smallest absolute Gasteiger partial charge is 0.279 e. The van der Waals surface area contributed by atoms with E-state index in [4.69, 9.17) is 0 Å². The maximum Gasteiger partial charge on any atom is 0.279 e. The van der Waals surface area contributed by atoms with Gasteiger partial charge in [-0.3, -0.25) is 0 Å². The van der Waals surface area contributed by atoms with Crippen molar-refractivity contribution >= 4 is 10.2 Å². The van der Waals surface area contributed by atoms with Gasteiger partial charge in [0, 0.05) is 26.7 Å². The lowest BCUT2D eigenvalue weighted by atomic mass is 10.0. The van der Waals surface area contributed by atoms with Gasteiger partial charge in [0.05, 0.1) is 5.60 Å². The topological polar surface area (TPSA) is 81.7 Å². The van der Waals surface area contributed by atoms with Crippen LogP contribution in [0.15, 0.2) is 0 Å². The fourth-order valence-corrected chi connectivity index (χ4v) is 2.80. The van der Waals surface area contributed by atoms with Gasteiger partial charge in [0.15, 0.2) is 0 Å². The molecule has 0 aromatic carbocycles. The number of likely N-dealkylation sites (N-methyl/N-ethyl adjacent to an activating group) is 1. The van der Waals surface area contributed by atoms with Gasteiger partial charge in [0.2, 0.25) is 0 Å². The minimum atomic E-state index is -3.45. The average Bonchev–Trinajstić information content (AvgIpc) is 2.62. The zero-order valence-corrected chi connectivity index (χ0v) is 10.7. The van der Waals surface area contributed by atoms with E-state index in [2.05, 4.69) is 10.0 Å². The Kier molecular flexibility index (Phi) is 4.69. The summed E-state index contributed by atoms with van der Waals surface area (Å²) in [6, 6.07) is 0. The molecule has 0 aromatic heterocycles. The molecule has 1 unspecified atom stereocenters. The number of nitrogens with one attached hydrogen (secondary N) is 2. The molecule has 1 heterocycles. The summed E-state index contributed by atoms with van der Waals surface area (Å²) < 4.78 is 27.0. The minimum absolute atomic E-state index is 0.124. The van der Waals surface area contributed by atoms with Crippen molar-refractivity contribution in [3.8, 4) is 0 Å². The molecule has 1 saturated heterocycles. The van der Waals surface area contributed by atoms with Crippen LogP contribution in [-0.2, 0) is 10.2 Å². The van der Waals surface area contributed by atoms with Crippen molar-refractivity contribution in [3.63, 3.8) is 0 Å². The van der Waals surface area contributed by atoms with Crippen LogP contribution in [-0.4, -0.2) is 56.7 Å². The number of hydrogen-bond acceptors (Lipinski definition) is 4. The van der Waals surface area contributed by atoms with Crippen LogP contribution < -0.4 is 10.0 Å². The Morgan fingerprint density at radius 2 is 2.25 bits per heavy atom. The maximum absolute atomic E-state index is 11.7. The molecule has 16 heavy (non-hydrogen) atoms. The Morgan fingerprint density at radius 1 is 1.56 bits per heavy atom. The monoisotopic (exact) mass is 251 g/mol. The highest BCUT2D eigenvalue weighted by Gasteiger charge is 2.35. The van der Waals surface area contributed by atoms with Crippen LogP contribution in [0.1, 0.15) is 19.8 Å². The molecular weight excluding hydrogens is 230 g/mol. The van der Waals surface area contributed by atoms with E-state index in [-0.39, 0.29) is 6.54 Å². The first-order chi connectivity index (χ1) is 7.40. The molecule has 3 N–H and O–H groups in total. The number of nitrogens with zero attached hydrogens (tertiary/aromatic N) is 1. The van der Waals surface area contributed by atoms with Crippen LogP contribution in [0, 0.1) is 0 Å². The lowest BCUT2D eigenvalue weighted by Gasteiger charge is -2.27. The summed E-state index contributed by atoms with van der Waals surface area (Å²) in [6.07, 6.45) is 1.33. The quantitative estimate of drug-likeness (QED) is 0.559. The number of β-amino-alcohol motifs (C(OH)–C–C–N with tert-alkyl or cyclic N) is 1. The molecule has 96 valence electrons. The lowest BCUT2D eigenvalue weighted by molar-refractivity contribution is 0.0460. The van der Waals surface area contributed by atoms with E-state index in [9.17, 15) is 13.5 Å². The minimum Gasteiger partial charge on any atom is -0.387 e. The first-order valence-electron chi connectivity index (χ1n) is 5.54. The van der Waals surface area contributed by atoms with Gasteiger partial charge in [-0.15, -0.1) is 0 Å². The van der Waals surface area contributed by atoms with Crippen molar-refractivity contribution in [1.29, 1.82) is 0 Å². The molecular formula is C9H21N3O3S. The van der Waals surface area contributed by atoms with E-state index in [1.807, 2.05) is 6.92 Å². The predicted molar refractivity (Wildman–Crippen MR) is 62.3 cm³/mol. The van der Waals surface area contributed by atoms with Crippen LogP contribution in [0.25, 0.3) is 0 Å². The number of rotatable bonds is 6. The molecule has 1 atom stereocenters. The molecule has 1 rings (SSSR count). The largest absolute Gasteiger partial charge is 0.387 e. The molecule has 7 heteroatoms. The number of aliphatic hydroxyl groups is 1. The summed E-state index contributed by atoms with van der Waals surface area (Å²) in [7, 11) is -1.97. The van der Waals surface area contributed by atoms with Gasteiger partial charge in [-0.25, -0.2) is 4.72 Å². The Labute approximate surface area is 97.2 Å². The third-order valence-electron chi connectivity index (χ3n) is 2.68. The van der Waals surface area contributed by atoms with Crippen molar-refractivity contribution in [1.82, 2.24) is 14.3 Å². The summed E-state index contributed by atoms with van der Waals surface area (Å²) in [4.78, 5) is 0. The van der Waals surface area contributed by atoms with Gasteiger partial charge < -0.3 is 10.4 Å². The molecule has 0 spiro atoms. The van der Waals surface area contributed by atoms with E-state index in [0.29, 0.717) is 19.5 Å². The highest BCUT2D eigenvalue weighted by molar-refractivity contribution is 7.87. The van der Waals surface area contributed by atoms with E-state index in [1.54, 1.807) is 0 Å². The third kappa shape index (κ3) is 3.67. The SMILES string of the molecule is CCCNS(=O)(=O)N(C)CC1(O)CCNC1. The summed E-state index contributed by atoms with van der Waals surface area (Å²) in [5.74, 6) is 0. The van der Waals surface area contributed by atoms with Crippen molar-refractivity contribution in [2.45, 2.75) is 25.4 Å². The maximum atomic E-state index is 11.7. The van der Waals surface area contributed by atoms with E-state index in [1.165, 1.54) is 11.4 Å². The van der Waals surface area contributed by atoms with Gasteiger partial charge in [-0.1, -0.05) is 6.92 Å². The van der Waals surface area contributed by atoms with Gasteiger partial charge in [0.1, 0.15) is 0 Å². The standard InChI is InChI=1S/C9H21N3O3S/c1-3-5-11-16(14,15)12(2)8-9(13)4-6-10-7-9/h10-11,13H,3-8H2,1-2H3. The first-order valence-corrected chi connectivity index (χ1v) is 6.98. The molecule has 1 aliphatic heterocycles. The normalized spacial score (nSPS) is 26.5. The van der Waals surface area contributed by atoms with Crippen molar-refractivity contribution in [3.05, 3.63) is 0 Å². The van der Waals surface area contributed by atoms with Crippen LogP contribution >= 0.6 is 0 Å². The molecule has 1 fully saturated rings. The number of hydrogen-bond donors (Lipinski definition) is 3. The molecule has 0 aromatic rings. The molecule has 0 aliphatic carbocycles. The van der Waals surface area contributed by atoms with Crippen molar-refractivity contribution in [2.75, 3.05) is 33.2 Å². The summed E-state index contributed by atoms with van der Waals surface area (Å²) in [6.45, 7) is 3.62. The van der Waals surface area contributed by atoms with Crippen molar-refractivity contribution in [2.24, 2.45) is 0 Å². The fourth-order valence-electron chi connectivity index (χ4n) is 1.71. The van der Waals surface area contributed by atoms with E-state index in [0.717, 1.165) is 13.0 Å². The summed E-state index contributed by atoms with van der Waals surface area (Å²) in [5, 5.41) is 13.1. The van der Waals surface area contributed by atoms with Crippen LogP contribution in [0.3, 0.4) is 0 Å². The first kappa shape index (κ1) is 13.9. The second-order valence-electron chi connectivity index (χ2n) is 4.31. The molecule has 1 aliphatic rings. The second kappa shape index (κ2) is 5.42. The Balaban J connectivity index is 2.53. The molecule has 0 radical (unpaired) electrons. The van der Waals surface area contributed by atoms with Crippen LogP contribution in [0.5, 0.6) is 0 Å². The fraction of sp³-hybridized carbons (Fsp3) is 1.00. The summed E-state index contributed by atoms with van der Waals surface area (Å²) in [5.41, 5.74) is -0.935. The van der Waals surface area contributed by atoms with E-state index >= 15 is 0 Å². The Morgan fingerprint density at radius 3 is 2.75 bits per heavy atom. The third-order valence-corrected chi connectivity index (χ3v) is 4.20. The highest BCUT2D eigenvalue weighted by Crippen LogP contribution is 2.16. The second-order valence-corrected chi connectivity index (χ2v) is 6.17. The Bertz CT molecular complexity index is 312. The van der Waals surface area contributed by atoms with Gasteiger partial charge >= 0.3 is 0 Å². The molecule has 0 amide bonds. The molecule has 0 bridgehead atoms. The van der Waals surface area contributed by atoms with Gasteiger partial charge in [-0.2, -0.15) is 12.7 Å². The van der Waals surface area contributed by atoms with Gasteiger partial charge in [0.25, 0.3) is 10.2 Å². The van der Waals surface area contributed by atoms with E-state index < -0.39 is 15.8 Å². The highest BCUT2D eigenvalue weighted by atomic mass is 32.2. The lowest BCUT2D eigenvalue weighted by Crippen LogP contribution is -2.48. The summed E-state index contributed by atoms with van der Waals surface area (Å²) >= 11 is 0. The Hall–Kier alpha value is -0.210.